The third-order valence-corrected chi connectivity index (χ3v) is 2.75. The number of benzene rings is 1. The van der Waals surface area contributed by atoms with Gasteiger partial charge < -0.3 is 5.32 Å². The number of rotatable bonds is 4. The summed E-state index contributed by atoms with van der Waals surface area (Å²) in [6.07, 6.45) is 4.39. The summed E-state index contributed by atoms with van der Waals surface area (Å²) in [7, 11) is 0. The minimum atomic E-state index is -0.0308. The van der Waals surface area contributed by atoms with Crippen LogP contribution in [0.1, 0.15) is 45.2 Å². The van der Waals surface area contributed by atoms with Crippen LogP contribution in [-0.2, 0) is 10.2 Å². The summed E-state index contributed by atoms with van der Waals surface area (Å²) < 4.78 is 0. The van der Waals surface area contributed by atoms with Crippen LogP contribution in [0, 0.1) is 0 Å². The molecule has 1 aromatic carbocycles. The molecule has 0 spiro atoms. The lowest BCUT2D eigenvalue weighted by atomic mass is 9.87. The predicted molar refractivity (Wildman–Crippen MR) is 77.5 cm³/mol. The highest BCUT2D eigenvalue weighted by Crippen LogP contribution is 2.22. The van der Waals surface area contributed by atoms with Crippen LogP contribution in [-0.4, -0.2) is 12.5 Å². The van der Waals surface area contributed by atoms with Gasteiger partial charge in [0.05, 0.1) is 0 Å². The van der Waals surface area contributed by atoms with Crippen molar-refractivity contribution in [2.24, 2.45) is 0 Å². The smallest absolute Gasteiger partial charge is 0.243 e. The van der Waals surface area contributed by atoms with E-state index in [1.165, 1.54) is 5.56 Å². The van der Waals surface area contributed by atoms with Gasteiger partial charge in [-0.05, 0) is 29.0 Å². The van der Waals surface area contributed by atoms with E-state index in [1.807, 2.05) is 25.1 Å². The third kappa shape index (κ3) is 4.74. The Morgan fingerprint density at radius 3 is 2.33 bits per heavy atom. The van der Waals surface area contributed by atoms with E-state index in [2.05, 4.69) is 38.2 Å². The standard InChI is InChI=1S/C16H23NO/c1-5-12-17-15(18)11-8-13-6-9-14(10-7-13)16(2,3)4/h6-11H,5,12H2,1-4H3,(H,17,18)/b11-8+. The minimum Gasteiger partial charge on any atom is -0.353 e. The summed E-state index contributed by atoms with van der Waals surface area (Å²) >= 11 is 0. The zero-order chi connectivity index (χ0) is 13.6. The molecule has 0 saturated carbocycles. The maximum Gasteiger partial charge on any atom is 0.243 e. The Morgan fingerprint density at radius 1 is 1.22 bits per heavy atom. The lowest BCUT2D eigenvalue weighted by Gasteiger charge is -2.18. The topological polar surface area (TPSA) is 29.1 Å². The Labute approximate surface area is 110 Å². The second-order valence-electron chi connectivity index (χ2n) is 5.50. The van der Waals surface area contributed by atoms with Gasteiger partial charge in [-0.15, -0.1) is 0 Å². The maximum atomic E-state index is 11.4. The summed E-state index contributed by atoms with van der Waals surface area (Å²) in [5, 5.41) is 2.81. The van der Waals surface area contributed by atoms with Gasteiger partial charge in [0, 0.05) is 12.6 Å². The van der Waals surface area contributed by atoms with Crippen LogP contribution in [0.15, 0.2) is 30.3 Å². The molecule has 0 aliphatic carbocycles. The molecule has 0 fully saturated rings. The van der Waals surface area contributed by atoms with Gasteiger partial charge in [0.1, 0.15) is 0 Å². The van der Waals surface area contributed by atoms with Crippen LogP contribution in [0.3, 0.4) is 0 Å². The Hall–Kier alpha value is -1.57. The molecule has 98 valence electrons. The van der Waals surface area contributed by atoms with Gasteiger partial charge in [-0.2, -0.15) is 0 Å². The first-order chi connectivity index (χ1) is 8.43. The fourth-order valence-electron chi connectivity index (χ4n) is 1.57. The van der Waals surface area contributed by atoms with Gasteiger partial charge in [0.2, 0.25) is 5.91 Å². The highest BCUT2D eigenvalue weighted by Gasteiger charge is 2.12. The van der Waals surface area contributed by atoms with E-state index in [9.17, 15) is 4.79 Å². The van der Waals surface area contributed by atoms with E-state index < -0.39 is 0 Å². The first kappa shape index (κ1) is 14.5. The van der Waals surface area contributed by atoms with Crippen LogP contribution in [0.5, 0.6) is 0 Å². The van der Waals surface area contributed by atoms with Gasteiger partial charge >= 0.3 is 0 Å². The molecule has 2 heteroatoms. The monoisotopic (exact) mass is 245 g/mol. The molecule has 0 radical (unpaired) electrons. The van der Waals surface area contributed by atoms with Crippen molar-refractivity contribution >= 4 is 12.0 Å². The fourth-order valence-corrected chi connectivity index (χ4v) is 1.57. The van der Waals surface area contributed by atoms with E-state index in [1.54, 1.807) is 6.08 Å². The first-order valence-electron chi connectivity index (χ1n) is 6.50. The summed E-state index contributed by atoms with van der Waals surface area (Å²) in [5.41, 5.74) is 2.52. The molecule has 1 aromatic rings. The molecule has 0 saturated heterocycles. The Kier molecular flexibility index (Phi) is 5.14. The zero-order valence-electron chi connectivity index (χ0n) is 11.8. The van der Waals surface area contributed by atoms with Crippen molar-refractivity contribution in [3.63, 3.8) is 0 Å². The molecular weight excluding hydrogens is 222 g/mol. The number of carbonyl (C=O) groups is 1. The number of carbonyl (C=O) groups excluding carboxylic acids is 1. The molecule has 0 heterocycles. The van der Waals surface area contributed by atoms with Crippen LogP contribution < -0.4 is 5.32 Å². The number of amides is 1. The van der Waals surface area contributed by atoms with Crippen molar-refractivity contribution < 1.29 is 4.79 Å². The molecule has 0 aliphatic heterocycles. The number of hydrogen-bond donors (Lipinski definition) is 1. The molecule has 1 rings (SSSR count). The van der Waals surface area contributed by atoms with Gasteiger partial charge in [-0.3, -0.25) is 4.79 Å². The van der Waals surface area contributed by atoms with Crippen molar-refractivity contribution in [1.29, 1.82) is 0 Å². The normalized spacial score (nSPS) is 11.8. The van der Waals surface area contributed by atoms with E-state index in [4.69, 9.17) is 0 Å². The fraction of sp³-hybridized carbons (Fsp3) is 0.438. The third-order valence-electron chi connectivity index (χ3n) is 2.75. The quantitative estimate of drug-likeness (QED) is 0.808. The van der Waals surface area contributed by atoms with E-state index in [0.29, 0.717) is 0 Å². The average molecular weight is 245 g/mol. The minimum absolute atomic E-state index is 0.0308. The number of nitrogens with one attached hydrogen (secondary N) is 1. The van der Waals surface area contributed by atoms with Gasteiger partial charge in [-0.1, -0.05) is 52.0 Å². The molecule has 0 atom stereocenters. The second-order valence-corrected chi connectivity index (χ2v) is 5.50. The highest BCUT2D eigenvalue weighted by atomic mass is 16.1. The molecule has 2 nitrogen and oxygen atoms in total. The SMILES string of the molecule is CCCNC(=O)/C=C/c1ccc(C(C)(C)C)cc1. The highest BCUT2D eigenvalue weighted by molar-refractivity contribution is 5.91. The Morgan fingerprint density at radius 2 is 1.83 bits per heavy atom. The van der Waals surface area contributed by atoms with Crippen molar-refractivity contribution in [3.05, 3.63) is 41.5 Å². The van der Waals surface area contributed by atoms with Crippen molar-refractivity contribution in [3.8, 4) is 0 Å². The molecular formula is C16H23NO. The van der Waals surface area contributed by atoms with Crippen molar-refractivity contribution in [2.75, 3.05) is 6.54 Å². The van der Waals surface area contributed by atoms with E-state index in [0.717, 1.165) is 18.5 Å². The summed E-state index contributed by atoms with van der Waals surface area (Å²) in [5.74, 6) is -0.0308. The number of hydrogen-bond acceptors (Lipinski definition) is 1. The van der Waals surface area contributed by atoms with Gasteiger partial charge in [-0.25, -0.2) is 0 Å². The van der Waals surface area contributed by atoms with Crippen LogP contribution in [0.2, 0.25) is 0 Å². The lowest BCUT2D eigenvalue weighted by Crippen LogP contribution is -2.21. The maximum absolute atomic E-state index is 11.4. The van der Waals surface area contributed by atoms with Crippen LogP contribution >= 0.6 is 0 Å². The second kappa shape index (κ2) is 6.39. The molecule has 0 unspecified atom stereocenters. The van der Waals surface area contributed by atoms with E-state index >= 15 is 0 Å². The van der Waals surface area contributed by atoms with E-state index in [-0.39, 0.29) is 11.3 Å². The first-order valence-corrected chi connectivity index (χ1v) is 6.50. The summed E-state index contributed by atoms with van der Waals surface area (Å²) in [4.78, 5) is 11.4. The van der Waals surface area contributed by atoms with Crippen LogP contribution in [0.4, 0.5) is 0 Å². The van der Waals surface area contributed by atoms with Crippen molar-refractivity contribution in [1.82, 2.24) is 5.32 Å². The molecule has 1 N–H and O–H groups in total. The van der Waals surface area contributed by atoms with Crippen molar-refractivity contribution in [2.45, 2.75) is 39.5 Å². The Balaban J connectivity index is 2.64. The molecule has 1 amide bonds. The zero-order valence-corrected chi connectivity index (χ0v) is 11.8. The Bertz CT molecular complexity index is 410. The average Bonchev–Trinajstić information content (AvgIpc) is 2.33. The molecule has 18 heavy (non-hydrogen) atoms. The summed E-state index contributed by atoms with van der Waals surface area (Å²) in [6, 6.07) is 8.32. The predicted octanol–water partition coefficient (Wildman–Crippen LogP) is 3.52. The largest absolute Gasteiger partial charge is 0.353 e. The van der Waals surface area contributed by atoms with Gasteiger partial charge in [0.25, 0.3) is 0 Å². The molecule has 0 aliphatic rings. The summed E-state index contributed by atoms with van der Waals surface area (Å²) in [6.45, 7) is 9.34. The van der Waals surface area contributed by atoms with Gasteiger partial charge in [0.15, 0.2) is 0 Å². The molecule has 0 aromatic heterocycles. The van der Waals surface area contributed by atoms with Crippen LogP contribution in [0.25, 0.3) is 6.08 Å². The lowest BCUT2D eigenvalue weighted by molar-refractivity contribution is -0.116. The molecule has 0 bridgehead atoms.